The predicted molar refractivity (Wildman–Crippen MR) is 227 cm³/mol. The van der Waals surface area contributed by atoms with Crippen LogP contribution in [0, 0.1) is 11.8 Å². The van der Waals surface area contributed by atoms with Crippen molar-refractivity contribution in [2.45, 2.75) is 127 Å². The molecule has 1 saturated carbocycles. The molecule has 0 saturated heterocycles. The first kappa shape index (κ1) is 43.8. The molecule has 5 rings (SSSR count). The molecule has 308 valence electrons. The third-order valence-electron chi connectivity index (χ3n) is 12.2. The first-order valence-corrected chi connectivity index (χ1v) is 24.6. The van der Waals surface area contributed by atoms with E-state index in [9.17, 15) is 18.0 Å². The molecule has 0 aromatic heterocycles. The van der Waals surface area contributed by atoms with E-state index in [-0.39, 0.29) is 39.8 Å². The maximum Gasteiger partial charge on any atom is 0.411 e. The predicted octanol–water partition coefficient (Wildman–Crippen LogP) is 9.03. The highest BCUT2D eigenvalue weighted by molar-refractivity contribution is 7.90. The third kappa shape index (κ3) is 9.51. The summed E-state index contributed by atoms with van der Waals surface area (Å²) in [5, 5.41) is 0.752. The van der Waals surface area contributed by atoms with E-state index in [0.29, 0.717) is 36.2 Å². The molecule has 1 N–H and O–H groups in total. The van der Waals surface area contributed by atoms with Crippen LogP contribution < -0.4 is 14.4 Å². The zero-order chi connectivity index (χ0) is 41.4. The van der Waals surface area contributed by atoms with Crippen LogP contribution in [0.4, 0.5) is 10.5 Å². The lowest BCUT2D eigenvalue weighted by Gasteiger charge is -2.48. The molecule has 2 aliphatic carbocycles. The van der Waals surface area contributed by atoms with Gasteiger partial charge in [-0.05, 0) is 131 Å². The first-order valence-electron chi connectivity index (χ1n) is 19.8. The second-order valence-electron chi connectivity index (χ2n) is 18.4. The van der Waals surface area contributed by atoms with Gasteiger partial charge in [0.25, 0.3) is 15.9 Å². The Morgan fingerprint density at radius 2 is 1.84 bits per heavy atom. The van der Waals surface area contributed by atoms with Gasteiger partial charge in [-0.2, -0.15) is 0 Å². The number of carbonyl (C=O) groups excluding carboxylic acids is 2. The zero-order valence-corrected chi connectivity index (χ0v) is 37.3. The Labute approximate surface area is 341 Å². The lowest BCUT2D eigenvalue weighted by molar-refractivity contribution is -0.123. The summed E-state index contributed by atoms with van der Waals surface area (Å²) < 4.78 is 49.3. The highest BCUT2D eigenvalue weighted by Crippen LogP contribution is 2.48. The van der Waals surface area contributed by atoms with E-state index in [1.165, 1.54) is 30.2 Å². The SMILES string of the molecule is C=CCN(C(=O)OC(C)(C)C)C(C)C(=O)NS(=O)(=O)c1ccc2c(c1)N(C[C@@H]1CC[C@H]1C(C=C)O[Si](C)(C)C(C)(C)C)C[C@@]1(CCCc3cc(Cl)ccc31)CO2. The molecule has 2 unspecified atom stereocenters. The van der Waals surface area contributed by atoms with Crippen LogP contribution in [0.15, 0.2) is 66.6 Å². The van der Waals surface area contributed by atoms with E-state index >= 15 is 0 Å². The minimum atomic E-state index is -4.38. The Kier molecular flexibility index (Phi) is 12.9. The van der Waals surface area contributed by atoms with Crippen molar-refractivity contribution in [3.8, 4) is 5.75 Å². The Balaban J connectivity index is 1.48. The van der Waals surface area contributed by atoms with Crippen molar-refractivity contribution in [1.82, 2.24) is 9.62 Å². The maximum absolute atomic E-state index is 14.0. The van der Waals surface area contributed by atoms with Crippen molar-refractivity contribution in [3.63, 3.8) is 0 Å². The minimum absolute atomic E-state index is 0.0123. The molecule has 1 heterocycles. The summed E-state index contributed by atoms with van der Waals surface area (Å²) in [6, 6.07) is 9.72. The molecule has 5 atom stereocenters. The number of rotatable bonds is 12. The molecule has 3 aliphatic rings. The molecule has 1 spiro atoms. The van der Waals surface area contributed by atoms with Crippen molar-refractivity contribution in [1.29, 1.82) is 0 Å². The number of fused-ring (bicyclic) bond motifs is 3. The van der Waals surface area contributed by atoms with Crippen LogP contribution in [0.2, 0.25) is 23.2 Å². The fourth-order valence-corrected chi connectivity index (χ4v) is 10.5. The van der Waals surface area contributed by atoms with Crippen LogP contribution in [-0.2, 0) is 35.8 Å². The van der Waals surface area contributed by atoms with Gasteiger partial charge in [0.15, 0.2) is 8.32 Å². The number of aryl methyl sites for hydroxylation is 1. The number of anilines is 1. The fraction of sp³-hybridized carbons (Fsp3) is 0.581. The number of hydrogen-bond donors (Lipinski definition) is 1. The van der Waals surface area contributed by atoms with Crippen molar-refractivity contribution in [2.75, 3.05) is 31.1 Å². The van der Waals surface area contributed by atoms with Gasteiger partial charge < -0.3 is 18.8 Å². The summed E-state index contributed by atoms with van der Waals surface area (Å²) in [7, 11) is -6.47. The summed E-state index contributed by atoms with van der Waals surface area (Å²) in [6.07, 6.45) is 7.42. The fourth-order valence-electron chi connectivity index (χ4n) is 7.89. The molecule has 2 aromatic carbocycles. The number of halogens is 1. The van der Waals surface area contributed by atoms with Crippen molar-refractivity contribution < 1.29 is 31.9 Å². The summed E-state index contributed by atoms with van der Waals surface area (Å²) in [6.45, 7) is 27.5. The van der Waals surface area contributed by atoms with E-state index in [2.05, 4.69) is 68.8 Å². The van der Waals surface area contributed by atoms with Crippen LogP contribution >= 0.6 is 11.6 Å². The van der Waals surface area contributed by atoms with E-state index in [1.807, 2.05) is 12.1 Å². The number of nitrogens with zero attached hydrogens (tertiary/aromatic N) is 2. The number of benzene rings is 2. The molecule has 13 heteroatoms. The van der Waals surface area contributed by atoms with Gasteiger partial charge in [-0.15, -0.1) is 13.2 Å². The Morgan fingerprint density at radius 1 is 1.12 bits per heavy atom. The zero-order valence-electron chi connectivity index (χ0n) is 34.7. The minimum Gasteiger partial charge on any atom is -0.490 e. The smallest absolute Gasteiger partial charge is 0.411 e. The van der Waals surface area contributed by atoms with Crippen LogP contribution in [0.1, 0.15) is 85.3 Å². The van der Waals surface area contributed by atoms with E-state index in [1.54, 1.807) is 32.9 Å². The number of sulfonamides is 1. The molecule has 0 radical (unpaired) electrons. The van der Waals surface area contributed by atoms with Crippen LogP contribution in [-0.4, -0.2) is 77.6 Å². The molecule has 2 aromatic rings. The van der Waals surface area contributed by atoms with E-state index in [4.69, 9.17) is 25.5 Å². The normalized spacial score (nSPS) is 22.3. The van der Waals surface area contributed by atoms with Gasteiger partial charge in [-0.3, -0.25) is 9.69 Å². The molecular weight excluding hydrogens is 766 g/mol. The number of hydrogen-bond acceptors (Lipinski definition) is 8. The standard InChI is InChI=1S/C43H62ClN3O7SSi/c1-12-23-47(40(49)53-41(4,5)6)29(3)39(48)45-55(50,51)33-18-21-38-36(25-33)46(26-31-16-19-34(31)37(13-2)54-56(10,11)42(7,8)9)27-43(28-52-38)22-14-15-30-24-32(44)17-20-35(30)43/h12-13,17-18,20-21,24-25,29,31,34,37H,1-2,14-16,19,22-23,26-28H2,3-11H3,(H,45,48)/t29?,31-,34+,37?,43-/m0/s1. The highest BCUT2D eigenvalue weighted by atomic mass is 35.5. The first-order chi connectivity index (χ1) is 26.0. The Hall–Kier alpha value is -3.32. The van der Waals surface area contributed by atoms with Crippen LogP contribution in [0.25, 0.3) is 0 Å². The second kappa shape index (κ2) is 16.5. The van der Waals surface area contributed by atoms with Gasteiger partial charge in [-0.1, -0.05) is 50.6 Å². The van der Waals surface area contributed by atoms with Gasteiger partial charge in [0, 0.05) is 30.1 Å². The largest absolute Gasteiger partial charge is 0.490 e. The number of carbonyl (C=O) groups is 2. The maximum atomic E-state index is 14.0. The lowest BCUT2D eigenvalue weighted by Crippen LogP contribution is -2.52. The van der Waals surface area contributed by atoms with E-state index in [0.717, 1.165) is 37.0 Å². The summed E-state index contributed by atoms with van der Waals surface area (Å²) in [5.41, 5.74) is 1.91. The molecular formula is C43H62ClN3O7SSi. The second-order valence-corrected chi connectivity index (χ2v) is 25.3. The van der Waals surface area contributed by atoms with Gasteiger partial charge in [0.05, 0.1) is 23.3 Å². The van der Waals surface area contributed by atoms with E-state index < -0.39 is 42.0 Å². The number of ether oxygens (including phenoxy) is 2. The van der Waals surface area contributed by atoms with Crippen molar-refractivity contribution in [2.24, 2.45) is 11.8 Å². The molecule has 1 aliphatic heterocycles. The Morgan fingerprint density at radius 3 is 2.45 bits per heavy atom. The molecule has 10 nitrogen and oxygen atoms in total. The quantitative estimate of drug-likeness (QED) is 0.167. The average molecular weight is 829 g/mol. The summed E-state index contributed by atoms with van der Waals surface area (Å²) in [4.78, 5) is 29.9. The summed E-state index contributed by atoms with van der Waals surface area (Å²) >= 11 is 6.48. The molecule has 2 amide bonds. The summed E-state index contributed by atoms with van der Waals surface area (Å²) in [5.74, 6) is 0.242. The van der Waals surface area contributed by atoms with Crippen LogP contribution in [0.5, 0.6) is 5.75 Å². The average Bonchev–Trinajstić information content (AvgIpc) is 3.23. The molecule has 56 heavy (non-hydrogen) atoms. The monoisotopic (exact) mass is 827 g/mol. The molecule has 0 bridgehead atoms. The van der Waals surface area contributed by atoms with Crippen molar-refractivity contribution in [3.05, 3.63) is 77.9 Å². The topological polar surface area (TPSA) is 114 Å². The third-order valence-corrected chi connectivity index (χ3v) is 18.2. The van der Waals surface area contributed by atoms with Gasteiger partial charge in [0.1, 0.15) is 17.4 Å². The highest BCUT2D eigenvalue weighted by Gasteiger charge is 2.47. The van der Waals surface area contributed by atoms with Gasteiger partial charge >= 0.3 is 6.09 Å². The van der Waals surface area contributed by atoms with Gasteiger partial charge in [0.2, 0.25) is 0 Å². The van der Waals surface area contributed by atoms with Gasteiger partial charge in [-0.25, -0.2) is 17.9 Å². The lowest BCUT2D eigenvalue weighted by atomic mass is 9.68. The van der Waals surface area contributed by atoms with Crippen LogP contribution in [0.3, 0.4) is 0 Å². The molecule has 1 fully saturated rings. The Bertz CT molecular complexity index is 1920. The number of nitrogens with one attached hydrogen (secondary N) is 1. The van der Waals surface area contributed by atoms with Crippen molar-refractivity contribution >= 4 is 47.6 Å². The number of amides is 2.